The average molecular weight is 239 g/mol. The monoisotopic (exact) mass is 239 g/mol. The first kappa shape index (κ1) is 13.8. The first-order chi connectivity index (χ1) is 8.01. The Hall–Kier alpha value is -1.29. The fraction of sp³-hybridized carbons (Fsp3) is 0.615. The zero-order valence-electron chi connectivity index (χ0n) is 11.2. The molecule has 17 heavy (non-hydrogen) atoms. The molecule has 0 bridgehead atoms. The maximum Gasteiger partial charge on any atom is 0.373 e. The van der Waals surface area contributed by atoms with Crippen LogP contribution in [0.15, 0.2) is 16.5 Å². The van der Waals surface area contributed by atoms with E-state index in [9.17, 15) is 4.79 Å². The Morgan fingerprint density at radius 1 is 1.47 bits per heavy atom. The summed E-state index contributed by atoms with van der Waals surface area (Å²) >= 11 is 0. The highest BCUT2D eigenvalue weighted by molar-refractivity contribution is 5.86. The van der Waals surface area contributed by atoms with Crippen molar-refractivity contribution in [2.45, 2.75) is 39.3 Å². The Morgan fingerprint density at radius 3 is 2.65 bits per heavy atom. The van der Waals surface area contributed by atoms with Crippen molar-refractivity contribution in [1.82, 2.24) is 4.90 Å². The van der Waals surface area contributed by atoms with Gasteiger partial charge in [0.25, 0.3) is 0 Å². The number of rotatable bonds is 5. The van der Waals surface area contributed by atoms with E-state index < -0.39 is 5.97 Å². The van der Waals surface area contributed by atoms with Gasteiger partial charge in [0.05, 0.1) is 13.2 Å². The molecule has 0 fully saturated rings. The Morgan fingerprint density at radius 2 is 2.12 bits per heavy atom. The molecule has 1 aromatic heterocycles. The molecule has 0 amide bonds. The van der Waals surface area contributed by atoms with Crippen LogP contribution in [-0.2, 0) is 4.74 Å². The molecule has 0 aliphatic carbocycles. The van der Waals surface area contributed by atoms with Gasteiger partial charge in [-0.25, -0.2) is 4.79 Å². The van der Waals surface area contributed by atoms with E-state index in [1.165, 1.54) is 7.11 Å². The number of nitrogens with zero attached hydrogens (tertiary/aromatic N) is 1. The highest BCUT2D eigenvalue weighted by Gasteiger charge is 2.20. The number of esters is 1. The molecular weight excluding hydrogens is 218 g/mol. The summed E-state index contributed by atoms with van der Waals surface area (Å²) in [5, 5.41) is 0. The van der Waals surface area contributed by atoms with E-state index in [4.69, 9.17) is 4.42 Å². The van der Waals surface area contributed by atoms with E-state index in [-0.39, 0.29) is 11.8 Å². The Balaban J connectivity index is 2.79. The topological polar surface area (TPSA) is 42.7 Å². The normalized spacial score (nSPS) is 14.7. The largest absolute Gasteiger partial charge is 0.463 e. The Bertz CT molecular complexity index is 372. The second-order valence-electron chi connectivity index (χ2n) is 4.29. The summed E-state index contributed by atoms with van der Waals surface area (Å²) in [6.45, 7) is 6.38. The van der Waals surface area contributed by atoms with E-state index >= 15 is 0 Å². The summed E-state index contributed by atoms with van der Waals surface area (Å²) in [4.78, 5) is 13.5. The molecule has 2 unspecified atom stereocenters. The lowest BCUT2D eigenvalue weighted by Gasteiger charge is -2.28. The molecule has 2 atom stereocenters. The highest BCUT2D eigenvalue weighted by atomic mass is 16.5. The van der Waals surface area contributed by atoms with Gasteiger partial charge in [-0.2, -0.15) is 0 Å². The number of furan rings is 1. The summed E-state index contributed by atoms with van der Waals surface area (Å²) in [5.74, 6) is 0.606. The Kier molecular flexibility index (Phi) is 4.75. The summed E-state index contributed by atoms with van der Waals surface area (Å²) in [6, 6.07) is 4.10. The standard InChI is InChI=1S/C13H21NO3/c1-6-9(2)14(4)10(3)11-7-8-12(17-11)13(15)16-5/h7-10H,6H2,1-5H3. The van der Waals surface area contributed by atoms with Gasteiger partial charge < -0.3 is 9.15 Å². The molecule has 0 radical (unpaired) electrons. The zero-order chi connectivity index (χ0) is 13.0. The van der Waals surface area contributed by atoms with Crippen LogP contribution in [-0.4, -0.2) is 31.1 Å². The molecule has 0 aliphatic heterocycles. The van der Waals surface area contributed by atoms with Gasteiger partial charge in [-0.15, -0.1) is 0 Å². The molecule has 4 heteroatoms. The van der Waals surface area contributed by atoms with Crippen molar-refractivity contribution in [3.63, 3.8) is 0 Å². The van der Waals surface area contributed by atoms with Crippen LogP contribution in [0.3, 0.4) is 0 Å². The van der Waals surface area contributed by atoms with Crippen molar-refractivity contribution in [3.8, 4) is 0 Å². The lowest BCUT2D eigenvalue weighted by atomic mass is 10.1. The van der Waals surface area contributed by atoms with Gasteiger partial charge in [0, 0.05) is 6.04 Å². The predicted octanol–water partition coefficient (Wildman–Crippen LogP) is 2.86. The van der Waals surface area contributed by atoms with Gasteiger partial charge >= 0.3 is 5.97 Å². The smallest absolute Gasteiger partial charge is 0.373 e. The minimum atomic E-state index is -0.436. The van der Waals surface area contributed by atoms with Crippen LogP contribution < -0.4 is 0 Å². The van der Waals surface area contributed by atoms with Crippen LogP contribution in [0.25, 0.3) is 0 Å². The maximum atomic E-state index is 11.3. The van der Waals surface area contributed by atoms with Crippen LogP contribution in [0.5, 0.6) is 0 Å². The molecule has 1 rings (SSSR count). The first-order valence-corrected chi connectivity index (χ1v) is 5.91. The fourth-order valence-corrected chi connectivity index (χ4v) is 1.66. The molecule has 1 heterocycles. The highest BCUT2D eigenvalue weighted by Crippen LogP contribution is 2.24. The van der Waals surface area contributed by atoms with Crippen LogP contribution in [0.1, 0.15) is 49.5 Å². The van der Waals surface area contributed by atoms with E-state index in [2.05, 4.69) is 37.5 Å². The first-order valence-electron chi connectivity index (χ1n) is 5.91. The predicted molar refractivity (Wildman–Crippen MR) is 66.0 cm³/mol. The molecule has 0 saturated heterocycles. The molecule has 0 aromatic carbocycles. The zero-order valence-corrected chi connectivity index (χ0v) is 11.2. The number of ether oxygens (including phenoxy) is 1. The third-order valence-corrected chi connectivity index (χ3v) is 3.32. The molecule has 0 saturated carbocycles. The molecule has 0 N–H and O–H groups in total. The third kappa shape index (κ3) is 3.09. The van der Waals surface area contributed by atoms with Crippen molar-refractivity contribution in [2.75, 3.05) is 14.2 Å². The number of hydrogen-bond donors (Lipinski definition) is 0. The molecule has 1 aromatic rings. The quantitative estimate of drug-likeness (QED) is 0.741. The van der Waals surface area contributed by atoms with E-state index in [1.807, 2.05) is 6.07 Å². The summed E-state index contributed by atoms with van der Waals surface area (Å²) in [7, 11) is 3.40. The van der Waals surface area contributed by atoms with E-state index in [1.54, 1.807) is 6.07 Å². The van der Waals surface area contributed by atoms with Crippen LogP contribution >= 0.6 is 0 Å². The molecule has 0 spiro atoms. The third-order valence-electron chi connectivity index (χ3n) is 3.32. The van der Waals surface area contributed by atoms with Gasteiger partial charge in [-0.3, -0.25) is 4.90 Å². The van der Waals surface area contributed by atoms with Gasteiger partial charge in [0.1, 0.15) is 5.76 Å². The van der Waals surface area contributed by atoms with Crippen LogP contribution in [0.4, 0.5) is 0 Å². The fourth-order valence-electron chi connectivity index (χ4n) is 1.66. The SMILES string of the molecule is CCC(C)N(C)C(C)c1ccc(C(=O)OC)o1. The van der Waals surface area contributed by atoms with Gasteiger partial charge in [-0.05, 0) is 39.4 Å². The average Bonchev–Trinajstić information content (AvgIpc) is 2.84. The van der Waals surface area contributed by atoms with Crippen molar-refractivity contribution in [1.29, 1.82) is 0 Å². The van der Waals surface area contributed by atoms with Crippen LogP contribution in [0, 0.1) is 0 Å². The minimum absolute atomic E-state index is 0.142. The van der Waals surface area contributed by atoms with Gasteiger partial charge in [-0.1, -0.05) is 6.92 Å². The Labute approximate surface area is 103 Å². The van der Waals surface area contributed by atoms with E-state index in [0.717, 1.165) is 12.2 Å². The maximum absolute atomic E-state index is 11.3. The summed E-state index contributed by atoms with van der Waals surface area (Å²) in [6.07, 6.45) is 1.07. The van der Waals surface area contributed by atoms with Crippen LogP contribution in [0.2, 0.25) is 0 Å². The van der Waals surface area contributed by atoms with Crippen molar-refractivity contribution >= 4 is 5.97 Å². The number of carbonyl (C=O) groups excluding carboxylic acids is 1. The number of methoxy groups -OCH3 is 1. The number of carbonyl (C=O) groups is 1. The van der Waals surface area contributed by atoms with Crippen molar-refractivity contribution in [3.05, 3.63) is 23.7 Å². The van der Waals surface area contributed by atoms with Crippen molar-refractivity contribution in [2.24, 2.45) is 0 Å². The van der Waals surface area contributed by atoms with Crippen molar-refractivity contribution < 1.29 is 13.9 Å². The number of hydrogen-bond acceptors (Lipinski definition) is 4. The van der Waals surface area contributed by atoms with Gasteiger partial charge in [0.15, 0.2) is 0 Å². The minimum Gasteiger partial charge on any atom is -0.463 e. The summed E-state index contributed by atoms with van der Waals surface area (Å²) < 4.78 is 10.1. The van der Waals surface area contributed by atoms with Gasteiger partial charge in [0.2, 0.25) is 5.76 Å². The van der Waals surface area contributed by atoms with E-state index in [0.29, 0.717) is 6.04 Å². The lowest BCUT2D eigenvalue weighted by molar-refractivity contribution is 0.0558. The molecule has 0 aliphatic rings. The molecular formula is C13H21NO3. The second kappa shape index (κ2) is 5.87. The second-order valence-corrected chi connectivity index (χ2v) is 4.29. The lowest BCUT2D eigenvalue weighted by Crippen LogP contribution is -2.30. The molecule has 96 valence electrons. The summed E-state index contributed by atoms with van der Waals surface area (Å²) in [5.41, 5.74) is 0. The molecule has 4 nitrogen and oxygen atoms in total.